The van der Waals surface area contributed by atoms with E-state index >= 15 is 0 Å². The second-order valence-corrected chi connectivity index (χ2v) is 16.8. The summed E-state index contributed by atoms with van der Waals surface area (Å²) in [5.74, 6) is 0.664. The summed E-state index contributed by atoms with van der Waals surface area (Å²) in [5.41, 5.74) is 1.76. The third-order valence-electron chi connectivity index (χ3n) is 5.85. The van der Waals surface area contributed by atoms with Crippen LogP contribution in [0.15, 0.2) is 29.0 Å². The fraction of sp³-hybridized carbons (Fsp3) is 0.520. The van der Waals surface area contributed by atoms with Crippen molar-refractivity contribution in [2.45, 2.75) is 39.1 Å². The Morgan fingerprint density at radius 3 is 2.56 bits per heavy atom. The molecule has 0 N–H and O–H groups in total. The average Bonchev–Trinajstić information content (AvgIpc) is 3.23. The van der Waals surface area contributed by atoms with Gasteiger partial charge < -0.3 is 18.9 Å². The predicted octanol–water partition coefficient (Wildman–Crippen LogP) is 6.52. The van der Waals surface area contributed by atoms with Gasteiger partial charge in [-0.25, -0.2) is 23.9 Å². The zero-order valence-corrected chi connectivity index (χ0v) is 24.6. The maximum Gasteiger partial charge on any atom is 0.410 e. The Morgan fingerprint density at radius 2 is 1.92 bits per heavy atom. The highest BCUT2D eigenvalue weighted by Crippen LogP contribution is 2.40. The Labute approximate surface area is 226 Å². The first kappa shape index (κ1) is 27.3. The van der Waals surface area contributed by atoms with Crippen LogP contribution in [0.4, 0.5) is 9.18 Å². The number of aromatic nitrogens is 3. The highest BCUT2D eigenvalue weighted by Gasteiger charge is 2.36. The molecule has 3 heterocycles. The lowest BCUT2D eigenvalue weighted by Crippen LogP contribution is -2.52. The van der Waals surface area contributed by atoms with Crippen LogP contribution >= 0.6 is 37.6 Å². The van der Waals surface area contributed by atoms with Crippen molar-refractivity contribution in [3.8, 4) is 11.1 Å². The van der Waals surface area contributed by atoms with Gasteiger partial charge in [0.05, 0.1) is 22.6 Å². The number of benzene rings is 1. The van der Waals surface area contributed by atoms with E-state index in [2.05, 4.69) is 39.8 Å². The minimum atomic E-state index is -0.628. The SMILES string of the molecule is CC(C)(C)OC(=O)N1CC(n2cc(-c3cn(COCCS(C)(C)C)nc3Cl)c3cc(Br)c(F)cc32)C1. The molecule has 0 radical (unpaired) electrons. The highest BCUT2D eigenvalue weighted by atomic mass is 79.9. The lowest BCUT2D eigenvalue weighted by atomic mass is 10.1. The van der Waals surface area contributed by atoms with Crippen molar-refractivity contribution in [3.05, 3.63) is 40.0 Å². The third kappa shape index (κ3) is 6.20. The summed E-state index contributed by atoms with van der Waals surface area (Å²) in [6.45, 7) is 7.45. The van der Waals surface area contributed by atoms with Crippen molar-refractivity contribution in [2.75, 3.05) is 44.2 Å². The normalized spacial score (nSPS) is 15.4. The Bertz CT molecular complexity index is 1280. The number of carbonyl (C=O) groups excluding carboxylic acids is 1. The van der Waals surface area contributed by atoms with E-state index < -0.39 is 15.6 Å². The molecule has 1 aliphatic rings. The summed E-state index contributed by atoms with van der Waals surface area (Å²) >= 11 is 9.86. The fourth-order valence-corrected chi connectivity index (χ4v) is 5.19. The molecule has 1 aliphatic heterocycles. The largest absolute Gasteiger partial charge is 0.444 e. The Balaban J connectivity index is 1.58. The molecule has 0 bridgehead atoms. The number of rotatable bonds is 7. The molecule has 11 heteroatoms. The number of halogens is 3. The summed E-state index contributed by atoms with van der Waals surface area (Å²) in [5, 5.41) is 5.62. The van der Waals surface area contributed by atoms with Crippen molar-refractivity contribution in [1.29, 1.82) is 0 Å². The molecule has 2 aromatic heterocycles. The van der Waals surface area contributed by atoms with Gasteiger partial charge in [0.15, 0.2) is 5.15 Å². The maximum atomic E-state index is 14.6. The fourth-order valence-electron chi connectivity index (χ4n) is 3.98. The molecule has 1 fully saturated rings. The van der Waals surface area contributed by atoms with E-state index in [0.717, 1.165) is 27.8 Å². The topological polar surface area (TPSA) is 61.5 Å². The van der Waals surface area contributed by atoms with Crippen molar-refractivity contribution in [1.82, 2.24) is 19.2 Å². The number of likely N-dealkylation sites (tertiary alicyclic amines) is 1. The van der Waals surface area contributed by atoms with Gasteiger partial charge >= 0.3 is 6.09 Å². The molecule has 0 saturated carbocycles. The molecule has 198 valence electrons. The zero-order chi connectivity index (χ0) is 26.4. The van der Waals surface area contributed by atoms with Gasteiger partial charge in [-0.3, -0.25) is 0 Å². The van der Waals surface area contributed by atoms with Gasteiger partial charge in [0, 0.05) is 47.7 Å². The number of hydrogen-bond acceptors (Lipinski definition) is 4. The van der Waals surface area contributed by atoms with E-state index in [1.54, 1.807) is 15.6 Å². The maximum absolute atomic E-state index is 14.6. The number of ether oxygens (including phenoxy) is 2. The van der Waals surface area contributed by atoms with E-state index in [1.165, 1.54) is 6.07 Å². The summed E-state index contributed by atoms with van der Waals surface area (Å²) in [6.07, 6.45) is 10.2. The zero-order valence-electron chi connectivity index (χ0n) is 21.5. The second-order valence-electron chi connectivity index (χ2n) is 11.0. The van der Waals surface area contributed by atoms with Gasteiger partial charge in [0.2, 0.25) is 0 Å². The third-order valence-corrected chi connectivity index (χ3v) is 8.13. The first-order valence-electron chi connectivity index (χ1n) is 11.7. The van der Waals surface area contributed by atoms with Crippen LogP contribution in [0.5, 0.6) is 0 Å². The monoisotopic (exact) mass is 602 g/mol. The van der Waals surface area contributed by atoms with Crippen LogP contribution in [0.2, 0.25) is 5.15 Å². The molecule has 1 amide bonds. The molecule has 0 atom stereocenters. The standard InChI is InChI=1S/C25H33BrClFN4O3S/c1-25(2,3)35-24(33)30-11-16(12-30)32-14-18(17-9-20(26)21(28)10-22(17)32)19-13-31(29-23(19)27)15-34-7-8-36(4,5)6/h9-10,13-14,16H,7-8,11-12,15H2,1-6H3. The van der Waals surface area contributed by atoms with Crippen molar-refractivity contribution in [2.24, 2.45) is 0 Å². The van der Waals surface area contributed by atoms with Crippen LogP contribution in [0.25, 0.3) is 22.0 Å². The lowest BCUT2D eigenvalue weighted by Gasteiger charge is -2.40. The molecule has 3 aromatic rings. The van der Waals surface area contributed by atoms with Gasteiger partial charge in [-0.05, 0) is 67.6 Å². The molecule has 0 unspecified atom stereocenters. The van der Waals surface area contributed by atoms with Gasteiger partial charge in [-0.1, -0.05) is 11.6 Å². The lowest BCUT2D eigenvalue weighted by molar-refractivity contribution is 0.00158. The van der Waals surface area contributed by atoms with Crippen LogP contribution < -0.4 is 0 Å². The highest BCUT2D eigenvalue weighted by molar-refractivity contribution is 9.10. The Hall–Kier alpha value is -1.75. The number of amides is 1. The van der Waals surface area contributed by atoms with E-state index in [1.807, 2.05) is 37.7 Å². The van der Waals surface area contributed by atoms with Gasteiger partial charge in [-0.2, -0.15) is 5.10 Å². The first-order chi connectivity index (χ1) is 16.7. The molecular weight excluding hydrogens is 571 g/mol. The average molecular weight is 604 g/mol. The van der Waals surface area contributed by atoms with Crippen LogP contribution in [0.1, 0.15) is 26.8 Å². The first-order valence-corrected chi connectivity index (χ1v) is 15.9. The molecule has 0 aliphatic carbocycles. The van der Waals surface area contributed by atoms with Crippen LogP contribution in [0.3, 0.4) is 0 Å². The van der Waals surface area contributed by atoms with Crippen LogP contribution in [-0.2, 0) is 16.2 Å². The summed E-state index contributed by atoms with van der Waals surface area (Å²) in [7, 11) is -0.628. The Kier molecular flexibility index (Phi) is 7.73. The quantitative estimate of drug-likeness (QED) is 0.289. The molecular formula is C25H33BrClFN4O3S. The van der Waals surface area contributed by atoms with Gasteiger partial charge in [0.1, 0.15) is 18.1 Å². The predicted molar refractivity (Wildman–Crippen MR) is 149 cm³/mol. The number of fused-ring (bicyclic) bond motifs is 1. The molecule has 1 saturated heterocycles. The van der Waals surface area contributed by atoms with Gasteiger partial charge in [0.25, 0.3) is 0 Å². The van der Waals surface area contributed by atoms with Crippen molar-refractivity contribution in [3.63, 3.8) is 0 Å². The van der Waals surface area contributed by atoms with Crippen LogP contribution in [0, 0.1) is 5.82 Å². The molecule has 4 rings (SSSR count). The van der Waals surface area contributed by atoms with Gasteiger partial charge in [-0.15, -0.1) is 0 Å². The summed E-state index contributed by atoms with van der Waals surface area (Å²) in [4.78, 5) is 14.1. The Morgan fingerprint density at radius 1 is 1.22 bits per heavy atom. The van der Waals surface area contributed by atoms with E-state index in [4.69, 9.17) is 21.1 Å². The molecule has 7 nitrogen and oxygen atoms in total. The molecule has 1 aromatic carbocycles. The smallest absolute Gasteiger partial charge is 0.410 e. The number of hydrogen-bond donors (Lipinski definition) is 0. The molecule has 36 heavy (non-hydrogen) atoms. The van der Waals surface area contributed by atoms with E-state index in [0.29, 0.717) is 36.1 Å². The van der Waals surface area contributed by atoms with E-state index in [9.17, 15) is 9.18 Å². The summed E-state index contributed by atoms with van der Waals surface area (Å²) in [6, 6.07) is 3.26. The number of nitrogens with zero attached hydrogens (tertiary/aromatic N) is 4. The summed E-state index contributed by atoms with van der Waals surface area (Å²) < 4.78 is 29.9. The minimum Gasteiger partial charge on any atom is -0.444 e. The second kappa shape index (κ2) is 10.2. The molecule has 0 spiro atoms. The van der Waals surface area contributed by atoms with Crippen LogP contribution in [-0.4, -0.2) is 75.2 Å². The minimum absolute atomic E-state index is 0.00797. The van der Waals surface area contributed by atoms with E-state index in [-0.39, 0.29) is 18.0 Å². The van der Waals surface area contributed by atoms with Crippen molar-refractivity contribution < 1.29 is 18.7 Å². The number of carbonyl (C=O) groups is 1. The van der Waals surface area contributed by atoms with Crippen molar-refractivity contribution >= 4 is 54.6 Å².